The predicted molar refractivity (Wildman–Crippen MR) is 29.3 cm³/mol. The lowest BCUT2D eigenvalue weighted by Crippen LogP contribution is -2.22. The first-order chi connectivity index (χ1) is 3.50. The van der Waals surface area contributed by atoms with Gasteiger partial charge in [0.15, 0.2) is 0 Å². The average Bonchev–Trinajstić information content (AvgIpc) is 1.67. The van der Waals surface area contributed by atoms with Gasteiger partial charge in [-0.3, -0.25) is 0 Å². The third-order valence-corrected chi connectivity index (χ3v) is 1.52. The van der Waals surface area contributed by atoms with Crippen LogP contribution in [0, 0.1) is 11.3 Å². The average molecular weight is 138 g/mol. The maximum atomic E-state index is 11.6. The minimum absolute atomic E-state index is 1.22. The van der Waals surface area contributed by atoms with E-state index in [-0.39, 0.29) is 0 Å². The van der Waals surface area contributed by atoms with Gasteiger partial charge in [-0.15, -0.1) is 0 Å². The first kappa shape index (κ1) is 7.70. The van der Waals surface area contributed by atoms with E-state index in [0.29, 0.717) is 0 Å². The molecule has 0 aromatic heterocycles. The topological polar surface area (TPSA) is 23.8 Å². The Morgan fingerprint density at radius 1 is 1.50 bits per heavy atom. The Morgan fingerprint density at radius 3 is 1.88 bits per heavy atom. The highest BCUT2D eigenvalue weighted by Crippen LogP contribution is 2.20. The molecule has 0 spiro atoms. The minimum Gasteiger partial charge on any atom is -0.192 e. The Bertz CT molecular complexity index is 116. The van der Waals surface area contributed by atoms with Gasteiger partial charge in [0.05, 0.1) is 7.77 Å². The molecular formula is C4H6F2NS+. The number of nitriles is 1. The van der Waals surface area contributed by atoms with Crippen molar-refractivity contribution in [2.24, 2.45) is 0 Å². The van der Waals surface area contributed by atoms with Crippen molar-refractivity contribution in [3.8, 4) is 6.07 Å². The van der Waals surface area contributed by atoms with Gasteiger partial charge in [0.2, 0.25) is 0 Å². The molecule has 4 heteroatoms. The third kappa shape index (κ3) is 1.66. The molecule has 0 rings (SSSR count). The number of nitrogens with zero attached hydrogens (tertiary/aromatic N) is 1. The number of rotatable bonds is 1. The molecule has 0 fully saturated rings. The van der Waals surface area contributed by atoms with Crippen LogP contribution < -0.4 is 0 Å². The van der Waals surface area contributed by atoms with Crippen LogP contribution in [0.4, 0.5) is 7.77 Å². The van der Waals surface area contributed by atoms with Crippen molar-refractivity contribution in [1.82, 2.24) is 0 Å². The molecule has 0 N–H and O–H groups in total. The SMILES string of the molecule is CC(C)(C#N)[S+](F)F. The van der Waals surface area contributed by atoms with Crippen LogP contribution in [0.15, 0.2) is 0 Å². The molecule has 0 aliphatic heterocycles. The molecule has 0 bridgehead atoms. The van der Waals surface area contributed by atoms with Crippen molar-refractivity contribution in [2.75, 3.05) is 0 Å². The van der Waals surface area contributed by atoms with Crippen LogP contribution in [0.1, 0.15) is 13.8 Å². The van der Waals surface area contributed by atoms with Gasteiger partial charge in [-0.05, 0) is 0 Å². The fourth-order valence-corrected chi connectivity index (χ4v) is 0.104. The summed E-state index contributed by atoms with van der Waals surface area (Å²) < 4.78 is 21.8. The Kier molecular flexibility index (Phi) is 2.23. The maximum Gasteiger partial charge on any atom is 0.444 e. The highest BCUT2D eigenvalue weighted by atomic mass is 32.3. The molecule has 8 heavy (non-hydrogen) atoms. The van der Waals surface area contributed by atoms with Gasteiger partial charge in [0.25, 0.3) is 4.75 Å². The van der Waals surface area contributed by atoms with Crippen LogP contribution in [-0.2, 0) is 11.7 Å². The number of hydrogen-bond acceptors (Lipinski definition) is 1. The van der Waals surface area contributed by atoms with E-state index >= 15 is 0 Å². The van der Waals surface area contributed by atoms with Crippen LogP contribution in [0.25, 0.3) is 0 Å². The summed E-state index contributed by atoms with van der Waals surface area (Å²) in [6, 6.07) is 1.50. The second kappa shape index (κ2) is 2.31. The van der Waals surface area contributed by atoms with Crippen LogP contribution in [-0.4, -0.2) is 4.75 Å². The zero-order chi connectivity index (χ0) is 6.78. The summed E-state index contributed by atoms with van der Waals surface area (Å²) in [4.78, 5) is 0. The van der Waals surface area contributed by atoms with Crippen molar-refractivity contribution in [3.63, 3.8) is 0 Å². The molecule has 0 heterocycles. The summed E-state index contributed by atoms with van der Waals surface area (Å²) in [5.41, 5.74) is 0. The van der Waals surface area contributed by atoms with Crippen LogP contribution in [0.3, 0.4) is 0 Å². The molecule has 0 saturated heterocycles. The van der Waals surface area contributed by atoms with E-state index in [4.69, 9.17) is 5.26 Å². The highest BCUT2D eigenvalue weighted by molar-refractivity contribution is 7.88. The second-order valence-corrected chi connectivity index (χ2v) is 3.28. The molecule has 0 aliphatic rings. The third-order valence-electron chi connectivity index (χ3n) is 0.655. The lowest BCUT2D eigenvalue weighted by molar-refractivity contribution is 0.702. The van der Waals surface area contributed by atoms with Crippen LogP contribution >= 0.6 is 0 Å². The second-order valence-electron chi connectivity index (χ2n) is 1.83. The van der Waals surface area contributed by atoms with E-state index < -0.39 is 16.4 Å². The Labute approximate surface area is 50.2 Å². The zero-order valence-electron chi connectivity index (χ0n) is 4.61. The van der Waals surface area contributed by atoms with E-state index in [1.165, 1.54) is 19.9 Å². The first-order valence-corrected chi connectivity index (χ1v) is 3.01. The molecule has 0 atom stereocenters. The van der Waals surface area contributed by atoms with Gasteiger partial charge in [0, 0.05) is 13.8 Å². The molecule has 0 amide bonds. The van der Waals surface area contributed by atoms with Gasteiger partial charge < -0.3 is 0 Å². The van der Waals surface area contributed by atoms with E-state index in [1.807, 2.05) is 0 Å². The van der Waals surface area contributed by atoms with E-state index in [2.05, 4.69) is 0 Å². The fourth-order valence-electron chi connectivity index (χ4n) is 0.0345. The standard InChI is InChI=1S/C4H6F2NS/c1-4(2,3-7)8(5)6/h1-2H3/q+1. The van der Waals surface area contributed by atoms with E-state index in [9.17, 15) is 7.77 Å². The number of halogens is 2. The first-order valence-electron chi connectivity index (χ1n) is 1.99. The summed E-state index contributed by atoms with van der Waals surface area (Å²) in [6.45, 7) is 2.44. The lowest BCUT2D eigenvalue weighted by atomic mass is 10.2. The van der Waals surface area contributed by atoms with Crippen molar-refractivity contribution in [2.45, 2.75) is 18.6 Å². The highest BCUT2D eigenvalue weighted by Gasteiger charge is 2.44. The van der Waals surface area contributed by atoms with Gasteiger partial charge in [-0.25, -0.2) is 0 Å². The molecule has 0 saturated carbocycles. The van der Waals surface area contributed by atoms with E-state index in [1.54, 1.807) is 0 Å². The monoisotopic (exact) mass is 138 g/mol. The van der Waals surface area contributed by atoms with Crippen molar-refractivity contribution >= 4 is 11.7 Å². The predicted octanol–water partition coefficient (Wildman–Crippen LogP) is 1.68. The van der Waals surface area contributed by atoms with Crippen LogP contribution in [0.5, 0.6) is 0 Å². The summed E-state index contributed by atoms with van der Waals surface area (Å²) in [7, 11) is 0. The molecule has 0 radical (unpaired) electrons. The molecule has 1 nitrogen and oxygen atoms in total. The van der Waals surface area contributed by atoms with Crippen molar-refractivity contribution in [3.05, 3.63) is 0 Å². The summed E-state index contributed by atoms with van der Waals surface area (Å²) >= 11 is -2.79. The minimum atomic E-state index is -2.79. The number of hydrogen-bond donors (Lipinski definition) is 0. The van der Waals surface area contributed by atoms with Gasteiger partial charge in [0.1, 0.15) is 6.07 Å². The maximum absolute atomic E-state index is 11.6. The lowest BCUT2D eigenvalue weighted by Gasteiger charge is -1.96. The quantitative estimate of drug-likeness (QED) is 0.506. The molecule has 46 valence electrons. The molecular weight excluding hydrogens is 132 g/mol. The van der Waals surface area contributed by atoms with Gasteiger partial charge >= 0.3 is 11.7 Å². The molecule has 0 unspecified atom stereocenters. The van der Waals surface area contributed by atoms with Gasteiger partial charge in [-0.2, -0.15) is 5.26 Å². The van der Waals surface area contributed by atoms with Crippen molar-refractivity contribution in [1.29, 1.82) is 5.26 Å². The van der Waals surface area contributed by atoms with Gasteiger partial charge in [-0.1, -0.05) is 0 Å². The molecule has 0 aromatic rings. The molecule has 0 aliphatic carbocycles. The van der Waals surface area contributed by atoms with Crippen molar-refractivity contribution < 1.29 is 7.77 Å². The zero-order valence-corrected chi connectivity index (χ0v) is 5.43. The molecule has 0 aromatic carbocycles. The Morgan fingerprint density at radius 2 is 1.88 bits per heavy atom. The summed E-state index contributed by atoms with van der Waals surface area (Å²) in [5.74, 6) is 0. The van der Waals surface area contributed by atoms with E-state index in [0.717, 1.165) is 0 Å². The smallest absolute Gasteiger partial charge is 0.192 e. The summed E-state index contributed by atoms with van der Waals surface area (Å²) in [6.07, 6.45) is 0. The Balaban J connectivity index is 3.97. The fraction of sp³-hybridized carbons (Fsp3) is 0.750. The van der Waals surface area contributed by atoms with Crippen LogP contribution in [0.2, 0.25) is 0 Å². The largest absolute Gasteiger partial charge is 0.444 e. The summed E-state index contributed by atoms with van der Waals surface area (Å²) in [5, 5.41) is 8.04. The Hall–Kier alpha value is -0.300. The normalized spacial score (nSPS) is 11.5.